The maximum atomic E-state index is 11.7. The Morgan fingerprint density at radius 3 is 2.75 bits per heavy atom. The van der Waals surface area contributed by atoms with Gasteiger partial charge in [-0.3, -0.25) is 9.48 Å². The van der Waals surface area contributed by atoms with Crippen LogP contribution in [0.15, 0.2) is 6.20 Å². The van der Waals surface area contributed by atoms with Gasteiger partial charge in [0.2, 0.25) is 0 Å². The lowest BCUT2D eigenvalue weighted by Gasteiger charge is -2.14. The third-order valence-corrected chi connectivity index (χ3v) is 2.96. The lowest BCUT2D eigenvalue weighted by atomic mass is 10.1. The molecule has 0 aliphatic carbocycles. The standard InChI is InChI=1S/C13H22N4O3/c1-9(5-4-6-12(18)19)15-13(20)14-7-11-8-17(3)16-10(11)2/h8-9H,4-7H2,1-3H3,(H,18,19)(H2,14,15,20). The zero-order valence-electron chi connectivity index (χ0n) is 12.1. The Morgan fingerprint density at radius 2 is 2.20 bits per heavy atom. The highest BCUT2D eigenvalue weighted by atomic mass is 16.4. The van der Waals surface area contributed by atoms with Gasteiger partial charge in [0, 0.05) is 37.8 Å². The van der Waals surface area contributed by atoms with E-state index < -0.39 is 5.97 Å². The van der Waals surface area contributed by atoms with Crippen molar-refractivity contribution in [2.45, 2.75) is 45.7 Å². The van der Waals surface area contributed by atoms with Gasteiger partial charge in [0.25, 0.3) is 0 Å². The first-order valence-electron chi connectivity index (χ1n) is 6.63. The molecule has 0 radical (unpaired) electrons. The smallest absolute Gasteiger partial charge is 0.315 e. The van der Waals surface area contributed by atoms with Crippen molar-refractivity contribution in [1.29, 1.82) is 0 Å². The van der Waals surface area contributed by atoms with E-state index in [2.05, 4.69) is 15.7 Å². The highest BCUT2D eigenvalue weighted by Gasteiger charge is 2.09. The van der Waals surface area contributed by atoms with Crippen molar-refractivity contribution >= 4 is 12.0 Å². The lowest BCUT2D eigenvalue weighted by Crippen LogP contribution is -2.40. The number of carboxylic acids is 1. The maximum absolute atomic E-state index is 11.7. The predicted octanol–water partition coefficient (Wildman–Crippen LogP) is 1.17. The molecule has 1 unspecified atom stereocenters. The number of aliphatic carboxylic acids is 1. The minimum absolute atomic E-state index is 0.0515. The normalized spacial score (nSPS) is 11.9. The Bertz CT molecular complexity index is 470. The van der Waals surface area contributed by atoms with Crippen LogP contribution in [0.3, 0.4) is 0 Å². The number of rotatable bonds is 7. The fraction of sp³-hybridized carbons (Fsp3) is 0.615. The summed E-state index contributed by atoms with van der Waals surface area (Å²) < 4.78 is 1.71. The van der Waals surface area contributed by atoms with Crippen LogP contribution in [-0.4, -0.2) is 32.9 Å². The van der Waals surface area contributed by atoms with Crippen LogP contribution in [0.25, 0.3) is 0 Å². The average Bonchev–Trinajstić information content (AvgIpc) is 2.64. The lowest BCUT2D eigenvalue weighted by molar-refractivity contribution is -0.137. The van der Waals surface area contributed by atoms with E-state index in [1.165, 1.54) is 0 Å². The molecule has 7 nitrogen and oxygen atoms in total. The molecule has 112 valence electrons. The summed E-state index contributed by atoms with van der Waals surface area (Å²) in [4.78, 5) is 22.1. The topological polar surface area (TPSA) is 96.3 Å². The first-order valence-corrected chi connectivity index (χ1v) is 6.63. The largest absolute Gasteiger partial charge is 0.481 e. The zero-order valence-corrected chi connectivity index (χ0v) is 12.1. The quantitative estimate of drug-likeness (QED) is 0.699. The highest BCUT2D eigenvalue weighted by Crippen LogP contribution is 2.04. The van der Waals surface area contributed by atoms with Gasteiger partial charge < -0.3 is 15.7 Å². The molecule has 1 aromatic rings. The first kappa shape index (κ1) is 16.0. The first-order chi connectivity index (χ1) is 9.38. The van der Waals surface area contributed by atoms with Crippen molar-refractivity contribution in [1.82, 2.24) is 20.4 Å². The Morgan fingerprint density at radius 1 is 1.50 bits per heavy atom. The van der Waals surface area contributed by atoms with E-state index in [0.29, 0.717) is 19.4 Å². The summed E-state index contributed by atoms with van der Waals surface area (Å²) in [5, 5.41) is 18.3. The molecule has 0 aromatic carbocycles. The van der Waals surface area contributed by atoms with Crippen LogP contribution in [0.2, 0.25) is 0 Å². The van der Waals surface area contributed by atoms with Gasteiger partial charge in [0.15, 0.2) is 0 Å². The van der Waals surface area contributed by atoms with E-state index in [1.54, 1.807) is 4.68 Å². The predicted molar refractivity (Wildman–Crippen MR) is 74.3 cm³/mol. The van der Waals surface area contributed by atoms with Crippen molar-refractivity contribution in [3.63, 3.8) is 0 Å². The van der Waals surface area contributed by atoms with Gasteiger partial charge in [-0.15, -0.1) is 0 Å². The second-order valence-electron chi connectivity index (χ2n) is 4.93. The highest BCUT2D eigenvalue weighted by molar-refractivity contribution is 5.74. The van der Waals surface area contributed by atoms with Gasteiger partial charge in [-0.1, -0.05) is 0 Å². The Balaban J connectivity index is 2.26. The molecule has 0 aliphatic heterocycles. The third kappa shape index (κ3) is 5.73. The van der Waals surface area contributed by atoms with Gasteiger partial charge >= 0.3 is 12.0 Å². The van der Waals surface area contributed by atoms with Crippen molar-refractivity contribution in [2.24, 2.45) is 7.05 Å². The fourth-order valence-electron chi connectivity index (χ4n) is 1.90. The number of amides is 2. The molecule has 0 saturated carbocycles. The van der Waals surface area contributed by atoms with Crippen LogP contribution in [-0.2, 0) is 18.4 Å². The minimum atomic E-state index is -0.811. The van der Waals surface area contributed by atoms with Crippen LogP contribution >= 0.6 is 0 Å². The van der Waals surface area contributed by atoms with Crippen LogP contribution < -0.4 is 10.6 Å². The molecule has 0 fully saturated rings. The molecule has 3 N–H and O–H groups in total. The van der Waals surface area contributed by atoms with E-state index >= 15 is 0 Å². The molecule has 20 heavy (non-hydrogen) atoms. The Kier molecular flexibility index (Phi) is 6.02. The van der Waals surface area contributed by atoms with E-state index in [1.807, 2.05) is 27.1 Å². The van der Waals surface area contributed by atoms with Crippen molar-refractivity contribution < 1.29 is 14.7 Å². The number of nitrogens with zero attached hydrogens (tertiary/aromatic N) is 2. The van der Waals surface area contributed by atoms with Crippen LogP contribution in [0.4, 0.5) is 4.79 Å². The number of hydrogen-bond donors (Lipinski definition) is 3. The van der Waals surface area contributed by atoms with Gasteiger partial charge in [-0.05, 0) is 26.7 Å². The number of carboxylic acid groups (broad SMARTS) is 1. The molecule has 0 saturated heterocycles. The van der Waals surface area contributed by atoms with Crippen molar-refractivity contribution in [3.8, 4) is 0 Å². The minimum Gasteiger partial charge on any atom is -0.481 e. The number of aromatic nitrogens is 2. The van der Waals surface area contributed by atoms with Crippen LogP contribution in [0.5, 0.6) is 0 Å². The number of carbonyl (C=O) groups excluding carboxylic acids is 1. The zero-order chi connectivity index (χ0) is 15.1. The van der Waals surface area contributed by atoms with Crippen molar-refractivity contribution in [2.75, 3.05) is 0 Å². The Hall–Kier alpha value is -2.05. The van der Waals surface area contributed by atoms with Gasteiger partial charge in [0.05, 0.1) is 5.69 Å². The van der Waals surface area contributed by atoms with Gasteiger partial charge in [0.1, 0.15) is 0 Å². The molecular weight excluding hydrogens is 260 g/mol. The number of nitrogens with one attached hydrogen (secondary N) is 2. The fourth-order valence-corrected chi connectivity index (χ4v) is 1.90. The summed E-state index contributed by atoms with van der Waals surface area (Å²) >= 11 is 0. The molecule has 0 aliphatic rings. The van der Waals surface area contributed by atoms with E-state index in [-0.39, 0.29) is 18.5 Å². The molecule has 0 spiro atoms. The van der Waals surface area contributed by atoms with Crippen LogP contribution in [0, 0.1) is 6.92 Å². The summed E-state index contributed by atoms with van der Waals surface area (Å²) in [7, 11) is 1.83. The summed E-state index contributed by atoms with van der Waals surface area (Å²) in [6.07, 6.45) is 3.19. The molecular formula is C13H22N4O3. The molecule has 1 heterocycles. The summed E-state index contributed by atoms with van der Waals surface area (Å²) in [6.45, 7) is 4.17. The average molecular weight is 282 g/mol. The number of urea groups is 1. The molecule has 7 heteroatoms. The van der Waals surface area contributed by atoms with E-state index in [9.17, 15) is 9.59 Å². The van der Waals surface area contributed by atoms with Crippen molar-refractivity contribution in [3.05, 3.63) is 17.5 Å². The van der Waals surface area contributed by atoms with Gasteiger partial charge in [-0.25, -0.2) is 4.79 Å². The number of hydrogen-bond acceptors (Lipinski definition) is 3. The maximum Gasteiger partial charge on any atom is 0.315 e. The Labute approximate surface area is 118 Å². The summed E-state index contributed by atoms with van der Waals surface area (Å²) in [5.74, 6) is -0.811. The summed E-state index contributed by atoms with van der Waals surface area (Å²) in [5.41, 5.74) is 1.86. The molecule has 2 amide bonds. The van der Waals surface area contributed by atoms with E-state index in [4.69, 9.17) is 5.11 Å². The number of carbonyl (C=O) groups is 2. The second kappa shape index (κ2) is 7.52. The number of aryl methyl sites for hydroxylation is 2. The molecule has 1 aromatic heterocycles. The van der Waals surface area contributed by atoms with Crippen LogP contribution in [0.1, 0.15) is 37.4 Å². The molecule has 1 rings (SSSR count). The summed E-state index contributed by atoms with van der Waals surface area (Å²) in [6, 6.07) is -0.305. The van der Waals surface area contributed by atoms with Gasteiger partial charge in [-0.2, -0.15) is 5.10 Å². The second-order valence-corrected chi connectivity index (χ2v) is 4.93. The SMILES string of the molecule is Cc1nn(C)cc1CNC(=O)NC(C)CCCC(=O)O. The molecule has 0 bridgehead atoms. The third-order valence-electron chi connectivity index (χ3n) is 2.96. The monoisotopic (exact) mass is 282 g/mol. The molecule has 1 atom stereocenters. The van der Waals surface area contributed by atoms with E-state index in [0.717, 1.165) is 11.3 Å².